The van der Waals surface area contributed by atoms with Crippen LogP contribution in [-0.2, 0) is 62.0 Å². The smallest absolute Gasteiger partial charge is 0.330 e. The molecule has 5 aromatic carbocycles. The van der Waals surface area contributed by atoms with Crippen molar-refractivity contribution in [3.63, 3.8) is 0 Å². The van der Waals surface area contributed by atoms with Crippen molar-refractivity contribution in [3.8, 4) is 57.1 Å². The van der Waals surface area contributed by atoms with Gasteiger partial charge in [-0.3, -0.25) is 33.6 Å². The van der Waals surface area contributed by atoms with Crippen molar-refractivity contribution < 1.29 is 127 Å². The Morgan fingerprint density at radius 3 is 1.77 bits per heavy atom. The normalized spacial score (nSPS) is 32.4. The van der Waals surface area contributed by atoms with Crippen LogP contribution in [0.3, 0.4) is 0 Å². The zero-order chi connectivity index (χ0) is 79.2. The number of phenols is 3. The molecule has 109 heavy (non-hydrogen) atoms. The van der Waals surface area contributed by atoms with E-state index >= 15 is 19.2 Å². The maximum absolute atomic E-state index is 16.3. The lowest BCUT2D eigenvalue weighted by molar-refractivity contribution is -0.333. The van der Waals surface area contributed by atoms with Gasteiger partial charge >= 0.3 is 5.97 Å². The molecule has 7 amide bonds. The molecule has 11 bridgehead atoms. The average Bonchev–Trinajstić information content (AvgIpc) is 0.766. The van der Waals surface area contributed by atoms with E-state index in [1.807, 2.05) is 13.8 Å². The molecule has 36 nitrogen and oxygen atoms in total. The molecule has 0 unspecified atom stereocenters. The summed E-state index contributed by atoms with van der Waals surface area (Å²) in [7, 11) is 1.49. The molecule has 23 N–H and O–H groups in total. The number of carbonyl (C=O) groups excluding carboxylic acids is 7. The first-order valence-electron chi connectivity index (χ1n) is 35.1. The molecular formula is C73H90N10O26. The minimum Gasteiger partial charge on any atom is -0.508 e. The molecule has 8 aliphatic heterocycles. The van der Waals surface area contributed by atoms with E-state index < -0.39 is 250 Å². The van der Waals surface area contributed by atoms with Crippen LogP contribution in [0.4, 0.5) is 0 Å². The summed E-state index contributed by atoms with van der Waals surface area (Å²) in [5, 5.41) is 132. The van der Waals surface area contributed by atoms with Gasteiger partial charge in [0.1, 0.15) is 89.5 Å². The van der Waals surface area contributed by atoms with Gasteiger partial charge in [-0.05, 0) is 124 Å². The number of benzene rings is 5. The van der Waals surface area contributed by atoms with Crippen LogP contribution in [0.15, 0.2) is 91.0 Å². The van der Waals surface area contributed by atoms with Gasteiger partial charge in [0, 0.05) is 46.7 Å². The number of hydrogen-bond acceptors (Lipinski definition) is 28. The van der Waals surface area contributed by atoms with Crippen LogP contribution in [-0.4, -0.2) is 215 Å². The van der Waals surface area contributed by atoms with Crippen molar-refractivity contribution in [1.29, 1.82) is 0 Å². The van der Waals surface area contributed by atoms with Crippen molar-refractivity contribution >= 4 is 47.3 Å². The second kappa shape index (κ2) is 32.3. The van der Waals surface area contributed by atoms with Crippen molar-refractivity contribution in [2.45, 2.75) is 201 Å². The third kappa shape index (κ3) is 17.3. The Bertz CT molecular complexity index is 4260. The number of ether oxygens (including phenoxy) is 8. The number of rotatable bonds is 15. The van der Waals surface area contributed by atoms with Crippen LogP contribution >= 0.6 is 0 Å². The fraction of sp³-hybridized carbons (Fsp3) is 0.479. The largest absolute Gasteiger partial charge is 0.508 e. The van der Waals surface area contributed by atoms with E-state index in [1.165, 1.54) is 83.3 Å². The van der Waals surface area contributed by atoms with Gasteiger partial charge in [-0.2, -0.15) is 0 Å². The van der Waals surface area contributed by atoms with Crippen LogP contribution in [0, 0.1) is 5.92 Å². The highest BCUT2D eigenvalue weighted by atomic mass is 16.8. The highest BCUT2D eigenvalue weighted by Gasteiger charge is 2.52. The van der Waals surface area contributed by atoms with Gasteiger partial charge in [-0.1, -0.05) is 44.2 Å². The van der Waals surface area contributed by atoms with Gasteiger partial charge in [0.2, 0.25) is 53.4 Å². The first-order valence-corrected chi connectivity index (χ1v) is 35.1. The van der Waals surface area contributed by atoms with Crippen LogP contribution in [0.2, 0.25) is 0 Å². The Morgan fingerprint density at radius 2 is 1.21 bits per heavy atom. The summed E-state index contributed by atoms with van der Waals surface area (Å²) in [6.07, 6.45) is -22.0. The summed E-state index contributed by atoms with van der Waals surface area (Å²) in [5.74, 6) is -14.9. The number of likely N-dealkylation sites (N-methyl/N-ethyl adjacent to an activating group) is 1. The molecule has 0 saturated carbocycles. The monoisotopic (exact) mass is 1520 g/mol. The molecule has 3 fully saturated rings. The van der Waals surface area contributed by atoms with E-state index in [-0.39, 0.29) is 53.4 Å². The third-order valence-corrected chi connectivity index (χ3v) is 20.0. The number of aliphatic hydroxyl groups is 6. The number of aromatic hydroxyl groups is 3. The predicted molar refractivity (Wildman–Crippen MR) is 376 cm³/mol. The molecular weight excluding hydrogens is 1430 g/mol. The molecule has 36 heteroatoms. The van der Waals surface area contributed by atoms with Gasteiger partial charge in [0.25, 0.3) is 0 Å². The number of hydrogen-bond donors (Lipinski definition) is 20. The SMILES string of the molecule is CN[C@@H](CC(C)C)C(=O)N[C@H]1C(=O)N[C@@H](CC(N)=O)C(=O)N[C@H]2C(=O)N[C@@H]3C(=O)N[C@H](C(=O)N[C@H](C(=O)O)c4cc(O)cc(O)c4-c4cc3ccc4O)[C@@H](O[C@@H]3C[C@](C)(N)[C@H](O)[C@@H](C)O3)c3ccc(cc3)Oc3cc2cc(c3O[C@H]2O[C@H](CO)[C@H](O)[C@H](O)[C@@H]2O[C@H]2C[C@](C)(N)[C@H](O)[C@@H](C)O2)Oc2ccc(cc2)[C@@H]1O. The minimum absolute atomic E-state index is 0.0277. The molecule has 8 aliphatic rings. The average molecular weight is 1520 g/mol. The van der Waals surface area contributed by atoms with Crippen LogP contribution in [0.1, 0.15) is 125 Å². The van der Waals surface area contributed by atoms with E-state index in [4.69, 9.17) is 55.1 Å². The molecule has 13 rings (SSSR count). The quantitative estimate of drug-likeness (QED) is 0.0600. The summed E-state index contributed by atoms with van der Waals surface area (Å²) < 4.78 is 51.7. The number of carbonyl (C=O) groups is 8. The van der Waals surface area contributed by atoms with E-state index in [9.17, 15) is 70.2 Å². The Labute approximate surface area is 622 Å². The molecule has 8 heterocycles. The molecule has 5 aromatic rings. The zero-order valence-corrected chi connectivity index (χ0v) is 60.1. The summed E-state index contributed by atoms with van der Waals surface area (Å²) in [6.45, 7) is 8.73. The second-order valence-corrected chi connectivity index (χ2v) is 29.0. The summed E-state index contributed by atoms with van der Waals surface area (Å²) >= 11 is 0. The van der Waals surface area contributed by atoms with Crippen LogP contribution in [0.5, 0.6) is 46.0 Å². The number of primary amides is 1. The number of fused-ring (bicyclic) bond motifs is 15. The Hall–Kier alpha value is -9.90. The molecule has 0 aromatic heterocycles. The molecule has 0 spiro atoms. The van der Waals surface area contributed by atoms with Crippen molar-refractivity contribution in [2.75, 3.05) is 13.7 Å². The minimum atomic E-state index is -2.31. The van der Waals surface area contributed by atoms with E-state index in [0.717, 1.165) is 42.5 Å². The van der Waals surface area contributed by atoms with Gasteiger partial charge < -0.3 is 143 Å². The van der Waals surface area contributed by atoms with Crippen molar-refractivity contribution in [1.82, 2.24) is 37.2 Å². The number of carboxylic acid groups (broad SMARTS) is 1. The predicted octanol–water partition coefficient (Wildman–Crippen LogP) is -0.963. The molecule has 0 radical (unpaired) electrons. The van der Waals surface area contributed by atoms with Gasteiger partial charge in [-0.15, -0.1) is 0 Å². The first kappa shape index (κ1) is 80.1. The lowest BCUT2D eigenvalue weighted by atomic mass is 9.86. The number of nitrogens with one attached hydrogen (secondary N) is 7. The number of phenolic OH excluding ortho intramolecular Hbond substituents is 3. The lowest BCUT2D eigenvalue weighted by Crippen LogP contribution is -2.64. The highest BCUT2D eigenvalue weighted by Crippen LogP contribution is 2.49. The van der Waals surface area contributed by atoms with Gasteiger partial charge in [0.15, 0.2) is 36.2 Å². The maximum atomic E-state index is 16.3. The lowest BCUT2D eigenvalue weighted by Gasteiger charge is -2.47. The van der Waals surface area contributed by atoms with E-state index in [1.54, 1.807) is 0 Å². The summed E-state index contributed by atoms with van der Waals surface area (Å²) in [5.41, 5.74) is 13.8. The number of amides is 7. The fourth-order valence-corrected chi connectivity index (χ4v) is 14.2. The van der Waals surface area contributed by atoms with Crippen LogP contribution in [0.25, 0.3) is 11.1 Å². The molecule has 3 saturated heterocycles. The van der Waals surface area contributed by atoms with E-state index in [0.29, 0.717) is 0 Å². The van der Waals surface area contributed by atoms with Gasteiger partial charge in [-0.25, -0.2) is 4.79 Å². The third-order valence-electron chi connectivity index (χ3n) is 20.0. The Balaban J connectivity index is 1.17. The number of aliphatic carboxylic acids is 1. The van der Waals surface area contributed by atoms with Crippen molar-refractivity contribution in [3.05, 3.63) is 119 Å². The van der Waals surface area contributed by atoms with E-state index in [2.05, 4.69) is 37.2 Å². The Morgan fingerprint density at radius 1 is 0.651 bits per heavy atom. The first-order chi connectivity index (χ1) is 51.4. The topological polar surface area (TPSA) is 575 Å². The molecule has 0 aliphatic carbocycles. The maximum Gasteiger partial charge on any atom is 0.330 e. The summed E-state index contributed by atoms with van der Waals surface area (Å²) in [6, 6.07) is 3.50. The number of nitrogens with two attached hydrogens (primary N) is 3. The number of aliphatic hydroxyl groups excluding tert-OH is 6. The molecule has 588 valence electrons. The number of carboxylic acids is 1. The summed E-state index contributed by atoms with van der Waals surface area (Å²) in [4.78, 5) is 119. The Kier molecular flexibility index (Phi) is 23.8. The van der Waals surface area contributed by atoms with Crippen LogP contribution < -0.4 is 68.6 Å². The fourth-order valence-electron chi connectivity index (χ4n) is 14.2. The second-order valence-electron chi connectivity index (χ2n) is 29.0. The molecule has 22 atom stereocenters. The highest BCUT2D eigenvalue weighted by molar-refractivity contribution is 6.00. The van der Waals surface area contributed by atoms with Gasteiger partial charge in [0.05, 0.1) is 43.5 Å². The van der Waals surface area contributed by atoms with Crippen molar-refractivity contribution in [2.24, 2.45) is 23.1 Å². The zero-order valence-electron chi connectivity index (χ0n) is 60.1. The standard InChI is InChI=1S/C73H90N10O26/c1-28(2)18-40(77-7)64(94)82-54-56(89)31-8-13-36(14-9-31)104-44-20-34-21-45(60(44)109-71-61(58(91)57(90)46(27-84)106-71)108-49-26-73(6,76)63(93)30(4)103-49)105-37-15-10-32(11-16-37)59(107-48-25-72(5,75)62(92)29(3)102-48)55-69(99)81-53(70(100)101)39-22-35(85)23-43(87)50(39)38-19-33(12-17-42(38)86)51(66(96)83-55)80-67(97)52(34)79-65(95)41(24-47(74)88)78-68(54)98/h8-17,19-23,28-30,40-41,46,48-49,51-59,61-63,71,77,84-87,89-93H,18,24-27,75-76H2,1-7H3,(H2,74,88)(H,78,98)(H,79,95)(H,80,97)(H,81,99)(H,82,94)(H,83,96)(H,100,101)/t29-,30-,40+,41+,46-,48-,49+,51+,52-,53+,54-,55+,56+,57+,58+,59+,61+,62-,63-,71-,72+,73+/m1/s1.